The molecule has 0 saturated heterocycles. The summed E-state index contributed by atoms with van der Waals surface area (Å²) >= 11 is 0. The van der Waals surface area contributed by atoms with Crippen LogP contribution in [0.5, 0.6) is 11.5 Å². The van der Waals surface area contributed by atoms with Gasteiger partial charge in [-0.15, -0.1) is 0 Å². The Kier molecular flexibility index (Phi) is 19.8. The van der Waals surface area contributed by atoms with Crippen molar-refractivity contribution in [3.05, 3.63) is 71.3 Å². The quantitative estimate of drug-likeness (QED) is 0.365. The molecule has 238 valence electrons. The molecule has 0 radical (unpaired) electrons. The third-order valence-corrected chi connectivity index (χ3v) is 8.23. The number of ketones is 1. The van der Waals surface area contributed by atoms with Gasteiger partial charge in [0.2, 0.25) is 0 Å². The number of aryl methyl sites for hydroxylation is 1. The fourth-order valence-electron chi connectivity index (χ4n) is 6.25. The Labute approximate surface area is 259 Å². The molecule has 1 N–H and O–H groups in total. The number of phenols is 1. The number of para-hydroxylation sites is 1. The lowest BCUT2D eigenvalue weighted by atomic mass is 9.54. The zero-order valence-electron chi connectivity index (χ0n) is 29.1. The fourth-order valence-corrected chi connectivity index (χ4v) is 6.25. The molecule has 0 aromatic heterocycles. The Balaban J connectivity index is 0.00000113. The van der Waals surface area contributed by atoms with Gasteiger partial charge in [0.25, 0.3) is 0 Å². The number of phenolic OH excluding ortho intramolecular Hbond substituents is 1. The molecule has 0 aliphatic heterocycles. The number of fused-ring (bicyclic) bond motifs is 5. The first-order chi connectivity index (χ1) is 20.3. The molecular formula is C38H63NO3. The topological polar surface area (TPSA) is 49.8 Å². The molecule has 0 bridgehead atoms. The van der Waals surface area contributed by atoms with E-state index < -0.39 is 0 Å². The molecule has 3 aliphatic rings. The maximum atomic E-state index is 12.8. The van der Waals surface area contributed by atoms with E-state index in [4.69, 9.17) is 4.74 Å². The Hall–Kier alpha value is -2.59. The first-order valence-electron chi connectivity index (χ1n) is 16.7. The normalized spacial score (nSPS) is 23.7. The van der Waals surface area contributed by atoms with Crippen molar-refractivity contribution in [3.8, 4) is 11.5 Å². The molecule has 5 rings (SSSR count). The molecule has 0 spiro atoms. The fraction of sp³-hybridized carbons (Fsp3) is 0.605. The van der Waals surface area contributed by atoms with Crippen molar-refractivity contribution in [2.45, 2.75) is 107 Å². The van der Waals surface area contributed by atoms with Crippen LogP contribution in [0.25, 0.3) is 0 Å². The average Bonchev–Trinajstić information content (AvgIpc) is 3.35. The van der Waals surface area contributed by atoms with Crippen molar-refractivity contribution in [2.75, 3.05) is 27.2 Å². The van der Waals surface area contributed by atoms with Crippen molar-refractivity contribution in [1.82, 2.24) is 4.90 Å². The lowest BCUT2D eigenvalue weighted by Gasteiger charge is -2.49. The number of rotatable bonds is 4. The van der Waals surface area contributed by atoms with Gasteiger partial charge in [0, 0.05) is 17.8 Å². The van der Waals surface area contributed by atoms with E-state index in [0.29, 0.717) is 35.9 Å². The van der Waals surface area contributed by atoms with E-state index in [2.05, 4.69) is 45.0 Å². The molecule has 42 heavy (non-hydrogen) atoms. The van der Waals surface area contributed by atoms with Crippen molar-refractivity contribution in [1.29, 1.82) is 0 Å². The maximum absolute atomic E-state index is 12.8. The van der Waals surface area contributed by atoms with Crippen LogP contribution in [0.1, 0.15) is 112 Å². The highest BCUT2D eigenvalue weighted by molar-refractivity contribution is 5.87. The lowest BCUT2D eigenvalue weighted by Crippen LogP contribution is -2.43. The Morgan fingerprint density at radius 3 is 2.10 bits per heavy atom. The van der Waals surface area contributed by atoms with Gasteiger partial charge in [0.05, 0.1) is 0 Å². The van der Waals surface area contributed by atoms with Crippen LogP contribution >= 0.6 is 0 Å². The number of carbonyl (C=O) groups excluding carboxylic acids is 1. The standard InChI is InChI=1S/C26H28O3.C4H11N.4C2H6/c1-26-16-18(13-14-29-20-5-3-2-4-6-20)25-21-10-8-19(27)15-17(21)7-9-22(25)23(26)11-12-24(26)28;1-4-5(2)3;4*1-2/h2-6,8,10,13,15,22-23,25,27H,7,9,11-12,14,16H2,1H3;4H2,1-3H3;4*1-2H3/b18-13+;;;;;. The summed E-state index contributed by atoms with van der Waals surface area (Å²) in [5.41, 5.74) is 3.71. The predicted molar refractivity (Wildman–Crippen MR) is 183 cm³/mol. The van der Waals surface area contributed by atoms with Crippen LogP contribution in [0.4, 0.5) is 0 Å². The van der Waals surface area contributed by atoms with Gasteiger partial charge in [-0.3, -0.25) is 4.79 Å². The minimum atomic E-state index is -0.228. The highest BCUT2D eigenvalue weighted by Gasteiger charge is 2.56. The SMILES string of the molecule is CC.CC.CC.CC.CC12C/C(=C\COc3ccccc3)C3c4ccc(O)cc4CCC3C1CCC2=O.CCN(C)C. The number of carbonyl (C=O) groups is 1. The third kappa shape index (κ3) is 10.3. The van der Waals surface area contributed by atoms with Gasteiger partial charge >= 0.3 is 0 Å². The molecule has 4 heteroatoms. The first-order valence-corrected chi connectivity index (χ1v) is 16.7. The Morgan fingerprint density at radius 1 is 0.929 bits per heavy atom. The smallest absolute Gasteiger partial charge is 0.139 e. The van der Waals surface area contributed by atoms with E-state index >= 15 is 0 Å². The van der Waals surface area contributed by atoms with Crippen molar-refractivity contribution in [3.63, 3.8) is 0 Å². The van der Waals surface area contributed by atoms with Crippen molar-refractivity contribution < 1.29 is 14.6 Å². The lowest BCUT2D eigenvalue weighted by molar-refractivity contribution is -0.128. The second-order valence-electron chi connectivity index (χ2n) is 10.5. The van der Waals surface area contributed by atoms with Crippen molar-refractivity contribution in [2.24, 2.45) is 17.3 Å². The van der Waals surface area contributed by atoms with Gasteiger partial charge in [0.15, 0.2) is 0 Å². The van der Waals surface area contributed by atoms with Crippen LogP contribution in [-0.4, -0.2) is 43.0 Å². The molecular weight excluding hydrogens is 518 g/mol. The van der Waals surface area contributed by atoms with E-state index in [-0.39, 0.29) is 5.41 Å². The zero-order chi connectivity index (χ0) is 32.3. The van der Waals surface area contributed by atoms with E-state index in [1.54, 1.807) is 0 Å². The van der Waals surface area contributed by atoms with Crippen LogP contribution in [0.2, 0.25) is 0 Å². The summed E-state index contributed by atoms with van der Waals surface area (Å²) < 4.78 is 5.97. The molecule has 0 amide bonds. The molecule has 2 aromatic carbocycles. The summed E-state index contributed by atoms with van der Waals surface area (Å²) in [4.78, 5) is 15.0. The van der Waals surface area contributed by atoms with Crippen LogP contribution in [-0.2, 0) is 11.2 Å². The largest absolute Gasteiger partial charge is 0.508 e. The monoisotopic (exact) mass is 581 g/mol. The summed E-state index contributed by atoms with van der Waals surface area (Å²) in [6, 6.07) is 15.7. The number of ether oxygens (including phenoxy) is 1. The van der Waals surface area contributed by atoms with Gasteiger partial charge < -0.3 is 14.7 Å². The first kappa shape index (κ1) is 39.4. The number of nitrogens with zero attached hydrogens (tertiary/aromatic N) is 1. The van der Waals surface area contributed by atoms with Gasteiger partial charge in [-0.2, -0.15) is 0 Å². The Morgan fingerprint density at radius 2 is 1.52 bits per heavy atom. The number of Topliss-reactive ketones (excluding diaryl/α,β-unsaturated/α-hetero) is 1. The second kappa shape index (κ2) is 21.2. The highest BCUT2D eigenvalue weighted by atomic mass is 16.5. The average molecular weight is 582 g/mol. The summed E-state index contributed by atoms with van der Waals surface area (Å²) in [7, 11) is 4.11. The predicted octanol–water partition coefficient (Wildman–Crippen LogP) is 10.1. The third-order valence-electron chi connectivity index (χ3n) is 8.23. The van der Waals surface area contributed by atoms with Crippen molar-refractivity contribution >= 4 is 5.78 Å². The molecule has 2 fully saturated rings. The Bertz CT molecular complexity index is 1030. The van der Waals surface area contributed by atoms with Crippen LogP contribution in [0.3, 0.4) is 0 Å². The minimum Gasteiger partial charge on any atom is -0.508 e. The van der Waals surface area contributed by atoms with Crippen LogP contribution in [0, 0.1) is 17.3 Å². The number of aromatic hydroxyl groups is 1. The molecule has 0 heterocycles. The zero-order valence-corrected chi connectivity index (χ0v) is 29.1. The molecule has 4 atom stereocenters. The number of allylic oxidation sites excluding steroid dienone is 1. The van der Waals surface area contributed by atoms with Gasteiger partial charge in [-0.25, -0.2) is 0 Å². The van der Waals surface area contributed by atoms with E-state index in [9.17, 15) is 9.90 Å². The molecule has 4 unspecified atom stereocenters. The van der Waals surface area contributed by atoms with Crippen LogP contribution < -0.4 is 4.74 Å². The van der Waals surface area contributed by atoms with Gasteiger partial charge in [0.1, 0.15) is 23.9 Å². The summed E-state index contributed by atoms with van der Waals surface area (Å²) in [6.07, 6.45) is 6.87. The summed E-state index contributed by atoms with van der Waals surface area (Å²) in [5.74, 6) is 2.95. The summed E-state index contributed by atoms with van der Waals surface area (Å²) in [6.45, 7) is 22.0. The van der Waals surface area contributed by atoms with E-state index in [1.165, 1.54) is 16.7 Å². The summed E-state index contributed by atoms with van der Waals surface area (Å²) in [5, 5.41) is 9.96. The minimum absolute atomic E-state index is 0.228. The number of hydrogen-bond acceptors (Lipinski definition) is 4. The maximum Gasteiger partial charge on any atom is 0.139 e. The molecule has 4 nitrogen and oxygen atoms in total. The van der Waals surface area contributed by atoms with Gasteiger partial charge in [-0.05, 0) is 99.6 Å². The van der Waals surface area contributed by atoms with Gasteiger partial charge in [-0.1, -0.05) is 99.1 Å². The number of hydrogen-bond donors (Lipinski definition) is 1. The van der Waals surface area contributed by atoms with Crippen LogP contribution in [0.15, 0.2) is 60.2 Å². The van der Waals surface area contributed by atoms with E-state index in [1.807, 2.05) is 97.9 Å². The van der Waals surface area contributed by atoms with E-state index in [0.717, 1.165) is 44.4 Å². The highest BCUT2D eigenvalue weighted by Crippen LogP contribution is 2.61. The molecule has 2 aromatic rings. The molecule has 3 aliphatic carbocycles. The number of benzene rings is 2. The second-order valence-corrected chi connectivity index (χ2v) is 10.5. The molecule has 2 saturated carbocycles.